The standard InChI is InChI=1S/C11H10N2O3/c1-15-7-3-4-9-8(5-7)11(16-2)13-10(6-14)12-9/h3-6H,1-2H3. The van der Waals surface area contributed by atoms with Crippen LogP contribution in [0.4, 0.5) is 0 Å². The van der Waals surface area contributed by atoms with Crippen molar-refractivity contribution in [1.29, 1.82) is 0 Å². The number of benzene rings is 1. The third-order valence-electron chi connectivity index (χ3n) is 2.18. The molecule has 1 heterocycles. The van der Waals surface area contributed by atoms with Crippen LogP contribution in [0, 0.1) is 0 Å². The Morgan fingerprint density at radius 2 is 2.00 bits per heavy atom. The van der Waals surface area contributed by atoms with Gasteiger partial charge in [0.25, 0.3) is 0 Å². The molecule has 0 bridgehead atoms. The first-order valence-corrected chi connectivity index (χ1v) is 4.63. The SMILES string of the molecule is COc1ccc2nc(C=O)nc(OC)c2c1. The van der Waals surface area contributed by atoms with E-state index in [9.17, 15) is 4.79 Å². The largest absolute Gasteiger partial charge is 0.497 e. The van der Waals surface area contributed by atoms with Gasteiger partial charge in [0.05, 0.1) is 25.1 Å². The van der Waals surface area contributed by atoms with Crippen LogP contribution < -0.4 is 9.47 Å². The molecule has 2 aromatic rings. The minimum absolute atomic E-state index is 0.106. The molecule has 5 nitrogen and oxygen atoms in total. The van der Waals surface area contributed by atoms with Crippen LogP contribution in [-0.2, 0) is 0 Å². The number of rotatable bonds is 3. The zero-order chi connectivity index (χ0) is 11.5. The first-order chi connectivity index (χ1) is 7.78. The highest BCUT2D eigenvalue weighted by Gasteiger charge is 2.08. The highest BCUT2D eigenvalue weighted by atomic mass is 16.5. The van der Waals surface area contributed by atoms with E-state index in [1.54, 1.807) is 25.3 Å². The molecule has 0 saturated heterocycles. The van der Waals surface area contributed by atoms with Crippen molar-refractivity contribution in [2.75, 3.05) is 14.2 Å². The number of hydrogen-bond acceptors (Lipinski definition) is 5. The van der Waals surface area contributed by atoms with Gasteiger partial charge in [0.15, 0.2) is 12.1 Å². The van der Waals surface area contributed by atoms with Gasteiger partial charge in [-0.3, -0.25) is 4.79 Å². The fraction of sp³-hybridized carbons (Fsp3) is 0.182. The lowest BCUT2D eigenvalue weighted by Crippen LogP contribution is -1.98. The van der Waals surface area contributed by atoms with Gasteiger partial charge in [0.1, 0.15) is 5.75 Å². The van der Waals surface area contributed by atoms with Crippen molar-refractivity contribution in [3.8, 4) is 11.6 Å². The molecule has 0 radical (unpaired) electrons. The Bertz CT molecular complexity index is 540. The monoisotopic (exact) mass is 218 g/mol. The first-order valence-electron chi connectivity index (χ1n) is 4.63. The van der Waals surface area contributed by atoms with E-state index in [0.717, 1.165) is 0 Å². The molecule has 0 aliphatic carbocycles. The van der Waals surface area contributed by atoms with Gasteiger partial charge in [-0.05, 0) is 18.2 Å². The summed E-state index contributed by atoms with van der Waals surface area (Å²) in [6.07, 6.45) is 0.589. The fourth-order valence-electron chi connectivity index (χ4n) is 1.43. The molecule has 0 fully saturated rings. The number of ether oxygens (including phenoxy) is 2. The maximum absolute atomic E-state index is 10.6. The molecule has 0 N–H and O–H groups in total. The minimum atomic E-state index is 0.106. The fourth-order valence-corrected chi connectivity index (χ4v) is 1.43. The molecule has 1 aromatic carbocycles. The molecule has 0 aliphatic rings. The number of aromatic nitrogens is 2. The van der Waals surface area contributed by atoms with E-state index in [-0.39, 0.29) is 5.82 Å². The van der Waals surface area contributed by atoms with Crippen molar-refractivity contribution < 1.29 is 14.3 Å². The van der Waals surface area contributed by atoms with E-state index in [1.807, 2.05) is 0 Å². The average Bonchev–Trinajstić information content (AvgIpc) is 2.36. The summed E-state index contributed by atoms with van der Waals surface area (Å²) >= 11 is 0. The van der Waals surface area contributed by atoms with E-state index >= 15 is 0 Å². The zero-order valence-corrected chi connectivity index (χ0v) is 8.93. The second-order valence-corrected chi connectivity index (χ2v) is 3.09. The van der Waals surface area contributed by atoms with E-state index in [1.165, 1.54) is 7.11 Å². The van der Waals surface area contributed by atoms with Gasteiger partial charge >= 0.3 is 0 Å². The van der Waals surface area contributed by atoms with Crippen LogP contribution in [0.25, 0.3) is 10.9 Å². The number of nitrogens with zero attached hydrogens (tertiary/aromatic N) is 2. The molecular weight excluding hydrogens is 208 g/mol. The Hall–Kier alpha value is -2.17. The van der Waals surface area contributed by atoms with Crippen LogP contribution in [0.2, 0.25) is 0 Å². The second-order valence-electron chi connectivity index (χ2n) is 3.09. The number of hydrogen-bond donors (Lipinski definition) is 0. The Morgan fingerprint density at radius 3 is 2.62 bits per heavy atom. The van der Waals surface area contributed by atoms with Crippen molar-refractivity contribution in [2.24, 2.45) is 0 Å². The van der Waals surface area contributed by atoms with Gasteiger partial charge in [0.2, 0.25) is 5.88 Å². The van der Waals surface area contributed by atoms with Crippen LogP contribution >= 0.6 is 0 Å². The van der Waals surface area contributed by atoms with Crippen molar-refractivity contribution in [1.82, 2.24) is 9.97 Å². The van der Waals surface area contributed by atoms with Crippen LogP contribution in [0.15, 0.2) is 18.2 Å². The predicted octanol–water partition coefficient (Wildman–Crippen LogP) is 1.46. The maximum atomic E-state index is 10.6. The highest BCUT2D eigenvalue weighted by Crippen LogP contribution is 2.26. The van der Waals surface area contributed by atoms with Crippen LogP contribution in [0.5, 0.6) is 11.6 Å². The van der Waals surface area contributed by atoms with Crippen molar-refractivity contribution in [3.63, 3.8) is 0 Å². The summed E-state index contributed by atoms with van der Waals surface area (Å²) < 4.78 is 10.2. The Balaban J connectivity index is 2.73. The molecular formula is C11H10N2O3. The smallest absolute Gasteiger partial charge is 0.224 e. The van der Waals surface area contributed by atoms with Gasteiger partial charge in [-0.2, -0.15) is 4.98 Å². The summed E-state index contributed by atoms with van der Waals surface area (Å²) in [5, 5.41) is 0.715. The summed E-state index contributed by atoms with van der Waals surface area (Å²) in [6, 6.07) is 5.29. The van der Waals surface area contributed by atoms with Crippen molar-refractivity contribution in [2.45, 2.75) is 0 Å². The molecule has 1 aromatic heterocycles. The number of aldehydes is 1. The molecule has 0 atom stereocenters. The maximum Gasteiger partial charge on any atom is 0.224 e. The highest BCUT2D eigenvalue weighted by molar-refractivity contribution is 5.87. The summed E-state index contributed by atoms with van der Waals surface area (Å²) in [4.78, 5) is 18.7. The minimum Gasteiger partial charge on any atom is -0.497 e. The average molecular weight is 218 g/mol. The van der Waals surface area contributed by atoms with E-state index < -0.39 is 0 Å². The lowest BCUT2D eigenvalue weighted by atomic mass is 10.2. The van der Waals surface area contributed by atoms with E-state index in [0.29, 0.717) is 28.8 Å². The Labute approximate surface area is 92.0 Å². The summed E-state index contributed by atoms with van der Waals surface area (Å²) in [6.45, 7) is 0. The molecule has 16 heavy (non-hydrogen) atoms. The van der Waals surface area contributed by atoms with E-state index in [4.69, 9.17) is 9.47 Å². The number of fused-ring (bicyclic) bond motifs is 1. The van der Waals surface area contributed by atoms with Gasteiger partial charge in [-0.25, -0.2) is 4.98 Å². The molecule has 0 aliphatic heterocycles. The van der Waals surface area contributed by atoms with Crippen molar-refractivity contribution >= 4 is 17.2 Å². The van der Waals surface area contributed by atoms with Crippen LogP contribution in [0.3, 0.4) is 0 Å². The quantitative estimate of drug-likeness (QED) is 0.730. The molecule has 82 valence electrons. The second kappa shape index (κ2) is 4.14. The number of methoxy groups -OCH3 is 2. The van der Waals surface area contributed by atoms with Crippen LogP contribution in [0.1, 0.15) is 10.6 Å². The van der Waals surface area contributed by atoms with E-state index in [2.05, 4.69) is 9.97 Å². The molecule has 5 heteroatoms. The van der Waals surface area contributed by atoms with Crippen LogP contribution in [-0.4, -0.2) is 30.5 Å². The van der Waals surface area contributed by atoms with Crippen molar-refractivity contribution in [3.05, 3.63) is 24.0 Å². The van der Waals surface area contributed by atoms with Gasteiger partial charge in [-0.1, -0.05) is 0 Å². The number of carbonyl (C=O) groups excluding carboxylic acids is 1. The van der Waals surface area contributed by atoms with Gasteiger partial charge in [0, 0.05) is 0 Å². The topological polar surface area (TPSA) is 61.3 Å². The third kappa shape index (κ3) is 1.67. The molecule has 0 saturated carbocycles. The Morgan fingerprint density at radius 1 is 1.19 bits per heavy atom. The summed E-state index contributed by atoms with van der Waals surface area (Å²) in [5.74, 6) is 1.16. The molecule has 0 spiro atoms. The summed E-state index contributed by atoms with van der Waals surface area (Å²) in [7, 11) is 3.07. The van der Waals surface area contributed by atoms with Gasteiger partial charge in [-0.15, -0.1) is 0 Å². The van der Waals surface area contributed by atoms with Gasteiger partial charge < -0.3 is 9.47 Å². The molecule has 0 amide bonds. The Kier molecular flexibility index (Phi) is 2.68. The molecule has 0 unspecified atom stereocenters. The molecule has 2 rings (SSSR count). The number of carbonyl (C=O) groups is 1. The summed E-state index contributed by atoms with van der Waals surface area (Å²) in [5.41, 5.74) is 0.648. The predicted molar refractivity (Wildman–Crippen MR) is 58.0 cm³/mol. The normalized spacial score (nSPS) is 10.1. The first kappa shape index (κ1) is 10.4. The zero-order valence-electron chi connectivity index (χ0n) is 8.93. The lowest BCUT2D eigenvalue weighted by Gasteiger charge is -2.06. The third-order valence-corrected chi connectivity index (χ3v) is 2.18. The lowest BCUT2D eigenvalue weighted by molar-refractivity contribution is 0.111.